The third-order valence-corrected chi connectivity index (χ3v) is 4.09. The maximum absolute atomic E-state index is 12.5. The van der Waals surface area contributed by atoms with E-state index in [1.165, 1.54) is 0 Å². The van der Waals surface area contributed by atoms with E-state index in [1.54, 1.807) is 24.3 Å². The molecular formula is C23H35NNa2O6S2. The van der Waals surface area contributed by atoms with E-state index in [0.29, 0.717) is 11.1 Å². The van der Waals surface area contributed by atoms with Gasteiger partial charge in [0, 0.05) is 23.5 Å². The zero-order valence-corrected chi connectivity index (χ0v) is 24.3. The van der Waals surface area contributed by atoms with Crippen LogP contribution in [-0.4, -0.2) is 21.6 Å². The van der Waals surface area contributed by atoms with Gasteiger partial charge in [-0.3, -0.25) is 9.59 Å². The molecule has 0 spiro atoms. The Morgan fingerprint density at radius 3 is 1.53 bits per heavy atom. The number of benzene rings is 3. The summed E-state index contributed by atoms with van der Waals surface area (Å²) in [5.74, 6) is -0.872. The number of nitrogens with two attached hydrogens (primary N) is 1. The van der Waals surface area contributed by atoms with E-state index in [1.807, 2.05) is 56.3 Å². The van der Waals surface area contributed by atoms with Gasteiger partial charge in [-0.05, 0) is 22.4 Å². The molecule has 0 bridgehead atoms. The number of rotatable bonds is 1. The molecule has 11 heteroatoms. The quantitative estimate of drug-likeness (QED) is 0.158. The standard InChI is InChI=1S/C19H12O2.C2H6.2CH4.H2N.2Na.HO3S.H2O.H2S.H2/c20-18-15-7-3-4-8-16(15)19(21)17(18)14-10-9-12-5-1-2-6-13(12)11-14;1-2;;;;;;1-4(2)3;;;/h1-11,17H;1-2H3;2*1H4;1H2;;;(H,1,2,3);2*1H2;1H/q;;;;-1;2*+1;-1;;;. The number of carbonyl (C=O) groups excluding carboxylic acids is 2. The molecule has 0 saturated heterocycles. The molecule has 182 valence electrons. The van der Waals surface area contributed by atoms with Crippen LogP contribution >= 0.6 is 13.5 Å². The van der Waals surface area contributed by atoms with Crippen LogP contribution in [0.4, 0.5) is 0 Å². The minimum Gasteiger partial charge on any atom is -0.693 e. The van der Waals surface area contributed by atoms with Gasteiger partial charge in [0.15, 0.2) is 11.6 Å². The fourth-order valence-electron chi connectivity index (χ4n) is 3.03. The van der Waals surface area contributed by atoms with E-state index in [4.69, 9.17) is 13.0 Å². The molecule has 4 rings (SSSR count). The molecule has 0 saturated carbocycles. The van der Waals surface area contributed by atoms with E-state index in [2.05, 4.69) is 0 Å². The summed E-state index contributed by atoms with van der Waals surface area (Å²) in [7, 11) is -2.86. The van der Waals surface area contributed by atoms with Gasteiger partial charge in [-0.15, -0.1) is 0 Å². The van der Waals surface area contributed by atoms with Crippen molar-refractivity contribution in [3.63, 3.8) is 0 Å². The minimum atomic E-state index is -2.86. The zero-order chi connectivity index (χ0) is 20.0. The Morgan fingerprint density at radius 1 is 0.765 bits per heavy atom. The second-order valence-corrected chi connectivity index (χ2v) is 5.97. The van der Waals surface area contributed by atoms with Crippen molar-refractivity contribution >= 4 is 46.8 Å². The second-order valence-electron chi connectivity index (χ2n) is 5.53. The second kappa shape index (κ2) is 22.9. The van der Waals surface area contributed by atoms with E-state index in [0.717, 1.165) is 16.3 Å². The Kier molecular flexibility index (Phi) is 31.4. The molecule has 1 aliphatic carbocycles. The Bertz CT molecular complexity index is 1040. The van der Waals surface area contributed by atoms with Gasteiger partial charge >= 0.3 is 59.1 Å². The first-order valence-electron chi connectivity index (χ1n) is 8.43. The number of carbonyl (C=O) groups is 2. The van der Waals surface area contributed by atoms with Gasteiger partial charge in [0.1, 0.15) is 5.92 Å². The Labute approximate surface area is 257 Å². The number of hydrogen-bond acceptors (Lipinski definition) is 5. The van der Waals surface area contributed by atoms with Crippen molar-refractivity contribution in [1.29, 1.82) is 0 Å². The summed E-state index contributed by atoms with van der Waals surface area (Å²) in [6.07, 6.45) is 0. The molecule has 3 aromatic carbocycles. The average Bonchev–Trinajstić information content (AvgIpc) is 2.93. The summed E-state index contributed by atoms with van der Waals surface area (Å²) in [5, 5.41) is 2.16. The first-order chi connectivity index (χ1) is 13.0. The topological polar surface area (TPSA) is 154 Å². The first kappa shape index (κ1) is 46.7. The molecule has 0 radical (unpaired) electrons. The predicted molar refractivity (Wildman–Crippen MR) is 139 cm³/mol. The number of Topliss-reactive ketones (excluding diaryl/α,β-unsaturated/α-hetero) is 2. The molecular weight excluding hydrogens is 496 g/mol. The SMILES string of the molecule is C.C.CC.O.O=C1c2ccccc2C(=O)C1c1ccc2ccccc2c1.O=[S-](=O)O.S.[HH].[NH2-].[Na+].[Na+]. The van der Waals surface area contributed by atoms with E-state index < -0.39 is 16.9 Å². The average molecular weight is 532 g/mol. The van der Waals surface area contributed by atoms with Crippen LogP contribution in [-0.2, 0) is 19.4 Å². The van der Waals surface area contributed by atoms with Crippen LogP contribution in [0.1, 0.15) is 62.3 Å². The van der Waals surface area contributed by atoms with Crippen molar-refractivity contribution in [2.75, 3.05) is 0 Å². The zero-order valence-electron chi connectivity index (χ0n) is 18.5. The van der Waals surface area contributed by atoms with Gasteiger partial charge < -0.3 is 24.6 Å². The Balaban J connectivity index is -0.000000103. The largest absolute Gasteiger partial charge is 1.00 e. The number of fused-ring (bicyclic) bond motifs is 2. The summed E-state index contributed by atoms with van der Waals surface area (Å²) < 4.78 is 24.1. The maximum atomic E-state index is 12.5. The molecule has 0 heterocycles. The molecule has 5 N–H and O–H groups in total. The number of hydrogen-bond donors (Lipinski definition) is 1. The van der Waals surface area contributed by atoms with E-state index in [-0.39, 0.29) is 112 Å². The molecule has 7 nitrogen and oxygen atoms in total. The monoisotopic (exact) mass is 531 g/mol. The van der Waals surface area contributed by atoms with Crippen molar-refractivity contribution in [3.8, 4) is 0 Å². The summed E-state index contributed by atoms with van der Waals surface area (Å²) in [5.41, 5.74) is 1.86. The normalized spacial score (nSPS) is 10.2. The van der Waals surface area contributed by atoms with Gasteiger partial charge in [-0.2, -0.15) is 13.5 Å². The molecule has 0 aromatic heterocycles. The summed E-state index contributed by atoms with van der Waals surface area (Å²) >= 11 is 0. The molecule has 0 amide bonds. The van der Waals surface area contributed by atoms with Gasteiger partial charge in [0.25, 0.3) is 0 Å². The summed E-state index contributed by atoms with van der Waals surface area (Å²) in [6, 6.07) is 20.8. The molecule has 34 heavy (non-hydrogen) atoms. The third-order valence-electron chi connectivity index (χ3n) is 4.09. The molecule has 0 fully saturated rings. The predicted octanol–water partition coefficient (Wildman–Crippen LogP) is 0.329. The molecule has 3 aromatic rings. The van der Waals surface area contributed by atoms with Crippen LogP contribution in [0.5, 0.6) is 0 Å². The van der Waals surface area contributed by atoms with Crippen molar-refractivity contribution in [2.24, 2.45) is 0 Å². The van der Waals surface area contributed by atoms with Gasteiger partial charge in [0.05, 0.1) is 0 Å². The van der Waals surface area contributed by atoms with Crippen molar-refractivity contribution in [1.82, 2.24) is 0 Å². The fraction of sp³-hybridized carbons (Fsp3) is 0.217. The molecule has 0 atom stereocenters. The van der Waals surface area contributed by atoms with Crippen LogP contribution in [0.25, 0.3) is 16.9 Å². The van der Waals surface area contributed by atoms with Crippen LogP contribution in [0, 0.1) is 0 Å². The van der Waals surface area contributed by atoms with Gasteiger partial charge in [0.2, 0.25) is 0 Å². The van der Waals surface area contributed by atoms with Crippen molar-refractivity contribution < 1.29 is 88.6 Å². The Hall–Kier alpha value is -0.560. The molecule has 1 aliphatic rings. The smallest absolute Gasteiger partial charge is 0.693 e. The minimum absolute atomic E-state index is 0. The maximum Gasteiger partial charge on any atom is 1.00 e. The van der Waals surface area contributed by atoms with Gasteiger partial charge in [-0.1, -0.05) is 89.4 Å². The third kappa shape index (κ3) is 11.5. The Morgan fingerprint density at radius 2 is 1.12 bits per heavy atom. The van der Waals surface area contributed by atoms with Crippen LogP contribution in [0.3, 0.4) is 0 Å². The number of ketones is 2. The van der Waals surface area contributed by atoms with Crippen LogP contribution < -0.4 is 59.1 Å². The summed E-state index contributed by atoms with van der Waals surface area (Å²) in [6.45, 7) is 4.00. The van der Waals surface area contributed by atoms with Gasteiger partial charge in [-0.25, -0.2) is 0 Å². The van der Waals surface area contributed by atoms with Crippen molar-refractivity contribution in [3.05, 3.63) is 89.6 Å². The van der Waals surface area contributed by atoms with E-state index >= 15 is 0 Å². The van der Waals surface area contributed by atoms with E-state index in [9.17, 15) is 9.59 Å². The van der Waals surface area contributed by atoms with Crippen molar-refractivity contribution in [2.45, 2.75) is 34.6 Å². The fourth-order valence-corrected chi connectivity index (χ4v) is 3.03. The summed E-state index contributed by atoms with van der Waals surface area (Å²) in [4.78, 5) is 25.0. The first-order valence-corrected chi connectivity index (χ1v) is 9.46. The van der Waals surface area contributed by atoms with Crippen LogP contribution in [0.15, 0.2) is 66.7 Å². The van der Waals surface area contributed by atoms with Crippen LogP contribution in [0.2, 0.25) is 0 Å². The molecule has 0 aliphatic heterocycles. The molecule has 0 unspecified atom stereocenters.